The molecule has 0 bridgehead atoms. The zero-order valence-corrected chi connectivity index (χ0v) is 12.2. The topological polar surface area (TPSA) is 35.5 Å². The van der Waals surface area contributed by atoms with Gasteiger partial charge in [-0.05, 0) is 31.5 Å². The molecule has 1 aromatic rings. The molecule has 0 aliphatic rings. The second kappa shape index (κ2) is 6.64. The lowest BCUT2D eigenvalue weighted by atomic mass is 10.2. The quantitative estimate of drug-likeness (QED) is 0.712. The van der Waals surface area contributed by atoms with E-state index >= 15 is 0 Å². The number of benzene rings is 1. The molecule has 0 saturated heterocycles. The third-order valence-corrected chi connectivity index (χ3v) is 4.66. The summed E-state index contributed by atoms with van der Waals surface area (Å²) in [6, 6.07) is 6.48. The van der Waals surface area contributed by atoms with Crippen molar-refractivity contribution in [3.05, 3.63) is 34.3 Å². The second-order valence-corrected chi connectivity index (χ2v) is 6.23. The molecule has 0 fully saturated rings. The van der Waals surface area contributed by atoms with Crippen LogP contribution in [0.3, 0.4) is 0 Å². The van der Waals surface area contributed by atoms with Crippen molar-refractivity contribution >= 4 is 23.5 Å². The van der Waals surface area contributed by atoms with Gasteiger partial charge in [0.05, 0.1) is 13.2 Å². The predicted molar refractivity (Wildman–Crippen MR) is 68.8 cm³/mol. The third-order valence-electron chi connectivity index (χ3n) is 2.04. The highest BCUT2D eigenvalue weighted by Gasteiger charge is 2.37. The zero-order chi connectivity index (χ0) is 12.9. The lowest BCUT2D eigenvalue weighted by molar-refractivity contribution is 0.190. The molecule has 1 atom stereocenters. The summed E-state index contributed by atoms with van der Waals surface area (Å²) in [4.78, 5) is 0. The molecule has 17 heavy (non-hydrogen) atoms. The Bertz CT molecular complexity index is 386. The highest BCUT2D eigenvalue weighted by atomic mass is 79.9. The first-order valence-electron chi connectivity index (χ1n) is 5.31. The van der Waals surface area contributed by atoms with Crippen LogP contribution in [0, 0.1) is 0 Å². The van der Waals surface area contributed by atoms with Crippen molar-refractivity contribution in [2.24, 2.45) is 0 Å². The van der Waals surface area contributed by atoms with Gasteiger partial charge in [-0.3, -0.25) is 4.57 Å². The van der Waals surface area contributed by atoms with E-state index in [2.05, 4.69) is 15.9 Å². The molecule has 0 aliphatic heterocycles. The van der Waals surface area contributed by atoms with Crippen molar-refractivity contribution in [1.82, 2.24) is 0 Å². The van der Waals surface area contributed by atoms with Crippen molar-refractivity contribution in [2.45, 2.75) is 19.8 Å². The molecule has 0 saturated carbocycles. The molecule has 0 heterocycles. The van der Waals surface area contributed by atoms with Crippen LogP contribution < -0.4 is 0 Å². The van der Waals surface area contributed by atoms with Crippen molar-refractivity contribution in [3.63, 3.8) is 0 Å². The summed E-state index contributed by atoms with van der Waals surface area (Å²) in [5.41, 5.74) is 0.290. The molecule has 0 spiro atoms. The summed E-state index contributed by atoms with van der Waals surface area (Å²) in [7, 11) is -3.73. The van der Waals surface area contributed by atoms with Gasteiger partial charge in [-0.1, -0.05) is 28.1 Å². The molecule has 3 nitrogen and oxygen atoms in total. The second-order valence-electron chi connectivity index (χ2n) is 3.26. The Labute approximate surface area is 109 Å². The SMILES string of the molecule is CCOP(=O)(OCC)C(F)c1ccc(Br)cc1. The average Bonchev–Trinajstić information content (AvgIpc) is 2.30. The van der Waals surface area contributed by atoms with Crippen molar-refractivity contribution < 1.29 is 18.0 Å². The van der Waals surface area contributed by atoms with Crippen LogP contribution in [0.1, 0.15) is 25.3 Å². The number of hydrogen-bond donors (Lipinski definition) is 0. The summed E-state index contributed by atoms with van der Waals surface area (Å²) in [5, 5.41) is 0. The van der Waals surface area contributed by atoms with Gasteiger partial charge >= 0.3 is 7.60 Å². The van der Waals surface area contributed by atoms with Crippen molar-refractivity contribution in [2.75, 3.05) is 13.2 Å². The number of rotatable bonds is 6. The van der Waals surface area contributed by atoms with E-state index < -0.39 is 13.5 Å². The third kappa shape index (κ3) is 3.88. The molecule has 6 heteroatoms. The first-order valence-corrected chi connectivity index (χ1v) is 7.72. The van der Waals surface area contributed by atoms with Gasteiger partial charge in [-0.15, -0.1) is 0 Å². The van der Waals surface area contributed by atoms with E-state index in [1.165, 1.54) is 0 Å². The van der Waals surface area contributed by atoms with Crippen molar-refractivity contribution in [3.8, 4) is 0 Å². The van der Waals surface area contributed by atoms with Crippen LogP contribution in [0.2, 0.25) is 0 Å². The number of halogens is 2. The lowest BCUT2D eigenvalue weighted by Crippen LogP contribution is -2.02. The van der Waals surface area contributed by atoms with E-state index in [1.54, 1.807) is 38.1 Å². The average molecular weight is 325 g/mol. The molecule has 1 aromatic carbocycles. The summed E-state index contributed by atoms with van der Waals surface area (Å²) in [6.07, 6.45) is 0. The molecule has 96 valence electrons. The first kappa shape index (κ1) is 14.8. The minimum absolute atomic E-state index is 0.147. The fourth-order valence-electron chi connectivity index (χ4n) is 1.33. The summed E-state index contributed by atoms with van der Waals surface area (Å²) in [5.74, 6) is -1.75. The molecule has 1 unspecified atom stereocenters. The van der Waals surface area contributed by atoms with Crippen LogP contribution in [0.25, 0.3) is 0 Å². The van der Waals surface area contributed by atoms with Gasteiger partial charge in [0.15, 0.2) is 0 Å². The number of alkyl halides is 1. The van der Waals surface area contributed by atoms with Crippen LogP contribution >= 0.6 is 23.5 Å². The molecular weight excluding hydrogens is 310 g/mol. The van der Waals surface area contributed by atoms with E-state index in [0.717, 1.165) is 4.47 Å². The van der Waals surface area contributed by atoms with Crippen LogP contribution in [0.15, 0.2) is 28.7 Å². The Morgan fingerprint density at radius 2 is 1.71 bits per heavy atom. The molecule has 0 amide bonds. The van der Waals surface area contributed by atoms with Crippen LogP contribution in [-0.2, 0) is 13.6 Å². The summed E-state index contributed by atoms with van der Waals surface area (Å²) >= 11 is 3.25. The zero-order valence-electron chi connectivity index (χ0n) is 9.73. The van der Waals surface area contributed by atoms with E-state index in [9.17, 15) is 8.96 Å². The Balaban J connectivity index is 2.95. The fraction of sp³-hybridized carbons (Fsp3) is 0.455. The van der Waals surface area contributed by atoms with Crippen LogP contribution in [0.5, 0.6) is 0 Å². The number of hydrogen-bond acceptors (Lipinski definition) is 3. The van der Waals surface area contributed by atoms with Gasteiger partial charge < -0.3 is 9.05 Å². The molecule has 0 N–H and O–H groups in total. The monoisotopic (exact) mass is 324 g/mol. The molecular formula is C11H15BrFO3P. The van der Waals surface area contributed by atoms with Crippen LogP contribution in [0.4, 0.5) is 4.39 Å². The van der Waals surface area contributed by atoms with Crippen molar-refractivity contribution in [1.29, 1.82) is 0 Å². The van der Waals surface area contributed by atoms with Gasteiger partial charge in [-0.25, -0.2) is 4.39 Å². The normalized spacial score (nSPS) is 13.6. The maximum Gasteiger partial charge on any atom is 0.369 e. The molecule has 0 aromatic heterocycles. The highest BCUT2D eigenvalue weighted by Crippen LogP contribution is 2.61. The first-order chi connectivity index (χ1) is 8.03. The minimum atomic E-state index is -3.73. The smallest absolute Gasteiger partial charge is 0.307 e. The maximum atomic E-state index is 14.2. The largest absolute Gasteiger partial charge is 0.369 e. The molecule has 1 rings (SSSR count). The highest BCUT2D eigenvalue weighted by molar-refractivity contribution is 9.10. The van der Waals surface area contributed by atoms with E-state index in [4.69, 9.17) is 9.05 Å². The van der Waals surface area contributed by atoms with E-state index in [-0.39, 0.29) is 13.2 Å². The maximum absolute atomic E-state index is 14.2. The standard InChI is InChI=1S/C11H15BrFO3P/c1-3-15-17(14,16-4-2)11(13)9-5-7-10(12)8-6-9/h5-8,11H,3-4H2,1-2H3. The predicted octanol–water partition coefficient (Wildman–Crippen LogP) is 4.68. The Kier molecular flexibility index (Phi) is 5.80. The minimum Gasteiger partial charge on any atom is -0.307 e. The summed E-state index contributed by atoms with van der Waals surface area (Å²) in [6.45, 7) is 3.60. The van der Waals surface area contributed by atoms with Gasteiger partial charge in [0, 0.05) is 4.47 Å². The Morgan fingerprint density at radius 1 is 1.24 bits per heavy atom. The Morgan fingerprint density at radius 3 is 2.12 bits per heavy atom. The van der Waals surface area contributed by atoms with Gasteiger partial charge in [-0.2, -0.15) is 0 Å². The lowest BCUT2D eigenvalue weighted by Gasteiger charge is -2.20. The molecule has 0 aliphatic carbocycles. The summed E-state index contributed by atoms with van der Waals surface area (Å²) < 4.78 is 37.1. The van der Waals surface area contributed by atoms with Crippen LogP contribution in [-0.4, -0.2) is 13.2 Å². The van der Waals surface area contributed by atoms with Gasteiger partial charge in [0.25, 0.3) is 0 Å². The molecule has 0 radical (unpaired) electrons. The Hall–Kier alpha value is -0.220. The van der Waals surface area contributed by atoms with Gasteiger partial charge in [0.2, 0.25) is 5.91 Å². The van der Waals surface area contributed by atoms with Gasteiger partial charge in [0.1, 0.15) is 0 Å². The van der Waals surface area contributed by atoms with E-state index in [0.29, 0.717) is 5.56 Å². The van der Waals surface area contributed by atoms with E-state index in [1.807, 2.05) is 0 Å². The fourth-order valence-corrected chi connectivity index (χ4v) is 3.19.